The lowest BCUT2D eigenvalue weighted by atomic mass is 10.1. The standard InChI is InChI=1S/C20H17ClN4O/c21-17-2-1-3-18(10-17)24-20(26)9-8-19-12-23-14-25(19)13-16-6-4-15(11-22)5-7-16/h1-7,10,12,14H,8-9,13H2,(H,24,26). The summed E-state index contributed by atoms with van der Waals surface area (Å²) in [7, 11) is 0. The van der Waals surface area contributed by atoms with Crippen molar-refractivity contribution in [1.29, 1.82) is 5.26 Å². The van der Waals surface area contributed by atoms with Crippen LogP contribution >= 0.6 is 11.6 Å². The van der Waals surface area contributed by atoms with Crippen molar-refractivity contribution < 1.29 is 4.79 Å². The zero-order valence-corrected chi connectivity index (χ0v) is 14.8. The van der Waals surface area contributed by atoms with Gasteiger partial charge in [0.15, 0.2) is 0 Å². The maximum absolute atomic E-state index is 12.1. The van der Waals surface area contributed by atoms with Gasteiger partial charge in [-0.1, -0.05) is 29.8 Å². The van der Waals surface area contributed by atoms with Crippen LogP contribution in [0.2, 0.25) is 5.02 Å². The van der Waals surface area contributed by atoms with E-state index in [0.717, 1.165) is 11.3 Å². The molecule has 26 heavy (non-hydrogen) atoms. The third kappa shape index (κ3) is 4.71. The van der Waals surface area contributed by atoms with Gasteiger partial charge in [-0.25, -0.2) is 4.98 Å². The fourth-order valence-electron chi connectivity index (χ4n) is 2.61. The SMILES string of the molecule is N#Cc1ccc(Cn2cncc2CCC(=O)Nc2cccc(Cl)c2)cc1. The van der Waals surface area contributed by atoms with Gasteiger partial charge in [0, 0.05) is 35.6 Å². The molecule has 1 amide bonds. The molecule has 0 unspecified atom stereocenters. The summed E-state index contributed by atoms with van der Waals surface area (Å²) in [6, 6.07) is 16.6. The van der Waals surface area contributed by atoms with Gasteiger partial charge in [-0.2, -0.15) is 5.26 Å². The van der Waals surface area contributed by atoms with E-state index in [1.807, 2.05) is 16.7 Å². The normalized spacial score (nSPS) is 10.3. The molecule has 2 aromatic carbocycles. The molecule has 0 atom stereocenters. The number of hydrogen-bond acceptors (Lipinski definition) is 3. The number of nitriles is 1. The van der Waals surface area contributed by atoms with E-state index in [9.17, 15) is 4.79 Å². The van der Waals surface area contributed by atoms with E-state index in [4.69, 9.17) is 16.9 Å². The molecule has 0 spiro atoms. The van der Waals surface area contributed by atoms with Crippen LogP contribution in [-0.4, -0.2) is 15.5 Å². The summed E-state index contributed by atoms with van der Waals surface area (Å²) in [5, 5.41) is 12.3. The number of hydrogen-bond donors (Lipinski definition) is 1. The Morgan fingerprint density at radius 1 is 1.23 bits per heavy atom. The molecule has 0 radical (unpaired) electrons. The van der Waals surface area contributed by atoms with E-state index in [1.165, 1.54) is 0 Å². The highest BCUT2D eigenvalue weighted by Crippen LogP contribution is 2.15. The molecule has 1 heterocycles. The Morgan fingerprint density at radius 3 is 2.77 bits per heavy atom. The molecule has 1 aromatic heterocycles. The fourth-order valence-corrected chi connectivity index (χ4v) is 2.80. The number of benzene rings is 2. The average molecular weight is 365 g/mol. The number of imidazole rings is 1. The summed E-state index contributed by atoms with van der Waals surface area (Å²) in [4.78, 5) is 16.3. The van der Waals surface area contributed by atoms with E-state index in [-0.39, 0.29) is 5.91 Å². The topological polar surface area (TPSA) is 70.7 Å². The van der Waals surface area contributed by atoms with Crippen LogP contribution in [0.3, 0.4) is 0 Å². The molecule has 1 N–H and O–H groups in total. The number of nitrogens with one attached hydrogen (secondary N) is 1. The second kappa shape index (κ2) is 8.32. The first-order chi connectivity index (χ1) is 12.6. The zero-order chi connectivity index (χ0) is 18.4. The van der Waals surface area contributed by atoms with Gasteiger partial charge in [0.1, 0.15) is 0 Å². The van der Waals surface area contributed by atoms with Crippen molar-refractivity contribution in [3.05, 3.63) is 82.9 Å². The van der Waals surface area contributed by atoms with E-state index >= 15 is 0 Å². The molecule has 0 saturated carbocycles. The van der Waals surface area contributed by atoms with Crippen LogP contribution < -0.4 is 5.32 Å². The number of halogens is 1. The highest BCUT2D eigenvalue weighted by Gasteiger charge is 2.08. The third-order valence-corrected chi connectivity index (χ3v) is 4.19. The van der Waals surface area contributed by atoms with Crippen molar-refractivity contribution in [2.24, 2.45) is 0 Å². The molecule has 3 rings (SSSR count). The summed E-state index contributed by atoms with van der Waals surface area (Å²) in [6.07, 6.45) is 4.47. The van der Waals surface area contributed by atoms with Crippen LogP contribution in [0.15, 0.2) is 61.1 Å². The second-order valence-corrected chi connectivity index (χ2v) is 6.32. The largest absolute Gasteiger partial charge is 0.330 e. The Hall–Kier alpha value is -3.10. The minimum atomic E-state index is -0.0709. The van der Waals surface area contributed by atoms with Gasteiger partial charge in [-0.15, -0.1) is 0 Å². The maximum atomic E-state index is 12.1. The molecular weight excluding hydrogens is 348 g/mol. The molecule has 0 bridgehead atoms. The fraction of sp³-hybridized carbons (Fsp3) is 0.150. The van der Waals surface area contributed by atoms with Crippen LogP contribution in [0.5, 0.6) is 0 Å². The molecule has 0 saturated heterocycles. The first-order valence-electron chi connectivity index (χ1n) is 8.17. The number of nitrogens with zero attached hydrogens (tertiary/aromatic N) is 3. The highest BCUT2D eigenvalue weighted by molar-refractivity contribution is 6.30. The Bertz CT molecular complexity index is 941. The summed E-state index contributed by atoms with van der Waals surface area (Å²) in [6.45, 7) is 0.650. The molecule has 5 nitrogen and oxygen atoms in total. The third-order valence-electron chi connectivity index (χ3n) is 3.95. The van der Waals surface area contributed by atoms with Gasteiger partial charge < -0.3 is 9.88 Å². The molecule has 0 aliphatic rings. The second-order valence-electron chi connectivity index (χ2n) is 5.88. The Morgan fingerprint density at radius 2 is 2.04 bits per heavy atom. The molecule has 130 valence electrons. The van der Waals surface area contributed by atoms with Gasteiger partial charge >= 0.3 is 0 Å². The van der Waals surface area contributed by atoms with Gasteiger partial charge in [-0.05, 0) is 42.3 Å². The highest BCUT2D eigenvalue weighted by atomic mass is 35.5. The van der Waals surface area contributed by atoms with Gasteiger partial charge in [0.05, 0.1) is 18.0 Å². The number of amides is 1. The van der Waals surface area contributed by atoms with Crippen molar-refractivity contribution in [2.45, 2.75) is 19.4 Å². The Balaban J connectivity index is 1.58. The van der Waals surface area contributed by atoms with Crippen LogP contribution in [0.1, 0.15) is 23.2 Å². The maximum Gasteiger partial charge on any atom is 0.224 e. The van der Waals surface area contributed by atoms with E-state index in [1.54, 1.807) is 48.9 Å². The van der Waals surface area contributed by atoms with Crippen molar-refractivity contribution in [3.63, 3.8) is 0 Å². The number of aromatic nitrogens is 2. The molecule has 0 aliphatic heterocycles. The van der Waals surface area contributed by atoms with Crippen molar-refractivity contribution in [3.8, 4) is 6.07 Å². The predicted octanol–water partition coefficient (Wildman–Crippen LogP) is 4.03. The predicted molar refractivity (Wildman–Crippen MR) is 101 cm³/mol. The molecule has 0 aliphatic carbocycles. The van der Waals surface area contributed by atoms with Crippen LogP contribution in [0.4, 0.5) is 5.69 Å². The van der Waals surface area contributed by atoms with Gasteiger partial charge in [0.2, 0.25) is 5.91 Å². The number of carbonyl (C=O) groups is 1. The number of rotatable bonds is 6. The summed E-state index contributed by atoms with van der Waals surface area (Å²) in [5.74, 6) is -0.0709. The Labute approximate surface area is 156 Å². The van der Waals surface area contributed by atoms with Crippen molar-refractivity contribution in [2.75, 3.05) is 5.32 Å². The lowest BCUT2D eigenvalue weighted by molar-refractivity contribution is -0.116. The quantitative estimate of drug-likeness (QED) is 0.717. The van der Waals surface area contributed by atoms with Crippen LogP contribution in [-0.2, 0) is 17.8 Å². The molecule has 6 heteroatoms. The van der Waals surface area contributed by atoms with Gasteiger partial charge in [-0.3, -0.25) is 4.79 Å². The Kier molecular flexibility index (Phi) is 5.67. The van der Waals surface area contributed by atoms with Crippen molar-refractivity contribution >= 4 is 23.2 Å². The number of carbonyl (C=O) groups excluding carboxylic acids is 1. The van der Waals surface area contributed by atoms with E-state index < -0.39 is 0 Å². The molecule has 0 fully saturated rings. The number of aryl methyl sites for hydroxylation is 1. The van der Waals surface area contributed by atoms with Crippen LogP contribution in [0.25, 0.3) is 0 Å². The van der Waals surface area contributed by atoms with Crippen LogP contribution in [0, 0.1) is 11.3 Å². The van der Waals surface area contributed by atoms with Gasteiger partial charge in [0.25, 0.3) is 0 Å². The number of anilines is 1. The summed E-state index contributed by atoms with van der Waals surface area (Å²) in [5.41, 5.74) is 3.38. The first kappa shape index (κ1) is 17.7. The minimum Gasteiger partial charge on any atom is -0.330 e. The lowest BCUT2D eigenvalue weighted by Crippen LogP contribution is -2.13. The summed E-state index contributed by atoms with van der Waals surface area (Å²) >= 11 is 5.92. The lowest BCUT2D eigenvalue weighted by Gasteiger charge is -2.09. The monoisotopic (exact) mass is 364 g/mol. The average Bonchev–Trinajstić information content (AvgIpc) is 3.08. The zero-order valence-electron chi connectivity index (χ0n) is 14.0. The first-order valence-corrected chi connectivity index (χ1v) is 8.55. The minimum absolute atomic E-state index is 0.0709. The van der Waals surface area contributed by atoms with Crippen molar-refractivity contribution in [1.82, 2.24) is 9.55 Å². The smallest absolute Gasteiger partial charge is 0.224 e. The summed E-state index contributed by atoms with van der Waals surface area (Å²) < 4.78 is 2.01. The molecular formula is C20H17ClN4O. The molecule has 3 aromatic rings. The van der Waals surface area contributed by atoms with E-state index in [0.29, 0.717) is 35.7 Å². The van der Waals surface area contributed by atoms with E-state index in [2.05, 4.69) is 16.4 Å².